The molecule has 0 aliphatic heterocycles. The summed E-state index contributed by atoms with van der Waals surface area (Å²) in [5.41, 5.74) is 2.59. The van der Waals surface area contributed by atoms with E-state index >= 15 is 0 Å². The molecule has 0 amide bonds. The molecule has 0 aromatic carbocycles. The van der Waals surface area contributed by atoms with Crippen molar-refractivity contribution in [1.29, 1.82) is 0 Å². The highest BCUT2D eigenvalue weighted by Crippen LogP contribution is 2.67. The minimum Gasteiger partial charge on any atom is -0.393 e. The number of aliphatic hydroxyl groups excluding tert-OH is 1. The van der Waals surface area contributed by atoms with Gasteiger partial charge in [-0.15, -0.1) is 0 Å². The maximum atomic E-state index is 10.2. The molecule has 3 saturated carbocycles. The summed E-state index contributed by atoms with van der Waals surface area (Å²) in [6, 6.07) is 0. The Kier molecular flexibility index (Phi) is 6.53. The molecule has 4 rings (SSSR count). The Morgan fingerprint density at radius 2 is 1.77 bits per heavy atom. The third-order valence-corrected chi connectivity index (χ3v) is 11.3. The van der Waals surface area contributed by atoms with E-state index in [1.807, 2.05) is 0 Å². The third kappa shape index (κ3) is 3.74. The minimum atomic E-state index is -0.0794. The van der Waals surface area contributed by atoms with Crippen LogP contribution in [0.1, 0.15) is 112 Å². The largest absolute Gasteiger partial charge is 0.393 e. The zero-order valence-corrected chi connectivity index (χ0v) is 20.9. The van der Waals surface area contributed by atoms with E-state index in [4.69, 9.17) is 0 Å². The molecule has 0 heterocycles. The molecule has 0 bridgehead atoms. The van der Waals surface area contributed by atoms with Gasteiger partial charge in [-0.3, -0.25) is 0 Å². The highest BCUT2D eigenvalue weighted by molar-refractivity contribution is 5.25. The molecule has 4 aliphatic rings. The first-order valence-electron chi connectivity index (χ1n) is 13.6. The van der Waals surface area contributed by atoms with Crippen molar-refractivity contribution in [2.45, 2.75) is 118 Å². The Bertz CT molecular complexity index is 634. The maximum absolute atomic E-state index is 10.2. The van der Waals surface area contributed by atoms with Crippen molar-refractivity contribution in [2.75, 3.05) is 0 Å². The molecule has 1 N–H and O–H groups in total. The lowest BCUT2D eigenvalue weighted by molar-refractivity contribution is -0.0575. The van der Waals surface area contributed by atoms with E-state index in [0.717, 1.165) is 54.3 Å². The minimum absolute atomic E-state index is 0.0794. The van der Waals surface area contributed by atoms with E-state index in [9.17, 15) is 5.11 Å². The molecule has 3 fully saturated rings. The van der Waals surface area contributed by atoms with E-state index in [1.165, 1.54) is 57.8 Å². The molecule has 1 nitrogen and oxygen atoms in total. The van der Waals surface area contributed by atoms with Crippen LogP contribution in [0.15, 0.2) is 11.6 Å². The Morgan fingerprint density at radius 1 is 1.00 bits per heavy atom. The smallest absolute Gasteiger partial charge is 0.0577 e. The van der Waals surface area contributed by atoms with Gasteiger partial charge in [-0.2, -0.15) is 0 Å². The average molecular weight is 415 g/mol. The van der Waals surface area contributed by atoms with Gasteiger partial charge >= 0.3 is 0 Å². The lowest BCUT2D eigenvalue weighted by Crippen LogP contribution is -2.50. The van der Waals surface area contributed by atoms with Crippen LogP contribution in [0.3, 0.4) is 0 Å². The van der Waals surface area contributed by atoms with Gasteiger partial charge in [0.05, 0.1) is 6.10 Å². The lowest BCUT2D eigenvalue weighted by atomic mass is 9.47. The van der Waals surface area contributed by atoms with Gasteiger partial charge < -0.3 is 5.11 Å². The van der Waals surface area contributed by atoms with Crippen molar-refractivity contribution in [1.82, 2.24) is 0 Å². The molecule has 172 valence electrons. The van der Waals surface area contributed by atoms with E-state index in [-0.39, 0.29) is 6.10 Å². The molecule has 0 spiro atoms. The second kappa shape index (κ2) is 8.57. The molecule has 0 radical (unpaired) electrons. The fraction of sp³-hybridized carbons (Fsp3) is 0.931. The summed E-state index contributed by atoms with van der Waals surface area (Å²) >= 11 is 0. The molecular weight excluding hydrogens is 364 g/mol. The van der Waals surface area contributed by atoms with Crippen LogP contribution in [-0.4, -0.2) is 11.2 Å². The van der Waals surface area contributed by atoms with Crippen LogP contribution in [0.2, 0.25) is 0 Å². The number of hydrogen-bond donors (Lipinski definition) is 1. The predicted molar refractivity (Wildman–Crippen MR) is 128 cm³/mol. The SMILES string of the molecule is CC[C@H](CCC(C)C1CCC2C3CC=C4C[C@@H](O)CC[C@]4(C)C3CC[C@]12C)C(C)C. The molecule has 5 unspecified atom stereocenters. The molecule has 4 aliphatic carbocycles. The Hall–Kier alpha value is -0.300. The van der Waals surface area contributed by atoms with Gasteiger partial charge in [-0.25, -0.2) is 0 Å². The summed E-state index contributed by atoms with van der Waals surface area (Å²) in [6.45, 7) is 15.1. The summed E-state index contributed by atoms with van der Waals surface area (Å²) < 4.78 is 0. The number of hydrogen-bond acceptors (Lipinski definition) is 1. The summed E-state index contributed by atoms with van der Waals surface area (Å²) in [5, 5.41) is 10.2. The first-order chi connectivity index (χ1) is 14.2. The lowest BCUT2D eigenvalue weighted by Gasteiger charge is -2.58. The van der Waals surface area contributed by atoms with Gasteiger partial charge in [-0.1, -0.05) is 66.0 Å². The average Bonchev–Trinajstić information content (AvgIpc) is 3.06. The molecule has 9 atom stereocenters. The summed E-state index contributed by atoms with van der Waals surface area (Å²) in [6.07, 6.45) is 17.1. The summed E-state index contributed by atoms with van der Waals surface area (Å²) in [4.78, 5) is 0. The van der Waals surface area contributed by atoms with Crippen molar-refractivity contribution < 1.29 is 5.11 Å². The van der Waals surface area contributed by atoms with Gasteiger partial charge in [0, 0.05) is 0 Å². The maximum Gasteiger partial charge on any atom is 0.0577 e. The van der Waals surface area contributed by atoms with Crippen molar-refractivity contribution in [2.24, 2.45) is 52.3 Å². The van der Waals surface area contributed by atoms with Gasteiger partial charge in [0.2, 0.25) is 0 Å². The molecule has 1 heteroatoms. The first kappa shape index (κ1) is 22.9. The van der Waals surface area contributed by atoms with Crippen LogP contribution in [0, 0.1) is 52.3 Å². The van der Waals surface area contributed by atoms with E-state index < -0.39 is 0 Å². The topological polar surface area (TPSA) is 20.2 Å². The van der Waals surface area contributed by atoms with Crippen LogP contribution in [0.25, 0.3) is 0 Å². The normalized spacial score (nSPS) is 45.3. The van der Waals surface area contributed by atoms with Crippen molar-refractivity contribution in [3.05, 3.63) is 11.6 Å². The van der Waals surface area contributed by atoms with Crippen LogP contribution in [0.5, 0.6) is 0 Å². The Morgan fingerprint density at radius 3 is 2.47 bits per heavy atom. The second-order valence-corrected chi connectivity index (χ2v) is 12.9. The Balaban J connectivity index is 1.47. The zero-order chi connectivity index (χ0) is 21.7. The van der Waals surface area contributed by atoms with Crippen molar-refractivity contribution in [3.8, 4) is 0 Å². The molecule has 0 aromatic heterocycles. The van der Waals surface area contributed by atoms with Crippen molar-refractivity contribution >= 4 is 0 Å². The van der Waals surface area contributed by atoms with Gasteiger partial charge in [-0.05, 0) is 110 Å². The summed E-state index contributed by atoms with van der Waals surface area (Å²) in [5.74, 6) is 6.31. The number of aliphatic hydroxyl groups is 1. The van der Waals surface area contributed by atoms with E-state index in [2.05, 4.69) is 47.6 Å². The standard InChI is InChI=1S/C29H50O/c1-7-21(19(2)3)9-8-20(4)25-12-13-26-24-11-10-22-18-23(30)14-16-28(22,5)27(24)15-17-29(25,26)6/h10,19-21,23-27,30H,7-9,11-18H2,1-6H3/t20?,21-,23+,24?,25?,26?,27?,28+,29-/m1/s1. The fourth-order valence-electron chi connectivity index (χ4n) is 9.30. The van der Waals surface area contributed by atoms with E-state index in [1.54, 1.807) is 5.57 Å². The second-order valence-electron chi connectivity index (χ2n) is 12.9. The van der Waals surface area contributed by atoms with Crippen LogP contribution in [0.4, 0.5) is 0 Å². The number of allylic oxidation sites excluding steroid dienone is 1. The number of fused-ring (bicyclic) bond motifs is 5. The zero-order valence-electron chi connectivity index (χ0n) is 20.9. The highest BCUT2D eigenvalue weighted by Gasteiger charge is 2.59. The third-order valence-electron chi connectivity index (χ3n) is 11.3. The van der Waals surface area contributed by atoms with Crippen LogP contribution in [-0.2, 0) is 0 Å². The van der Waals surface area contributed by atoms with Crippen molar-refractivity contribution in [3.63, 3.8) is 0 Å². The van der Waals surface area contributed by atoms with Crippen LogP contribution < -0.4 is 0 Å². The molecule has 0 aromatic rings. The van der Waals surface area contributed by atoms with Gasteiger partial charge in [0.25, 0.3) is 0 Å². The number of rotatable bonds is 6. The molecule has 0 saturated heterocycles. The van der Waals surface area contributed by atoms with Crippen LogP contribution >= 0.6 is 0 Å². The Labute approximate surface area is 187 Å². The quantitative estimate of drug-likeness (QED) is 0.436. The van der Waals surface area contributed by atoms with Gasteiger partial charge in [0.1, 0.15) is 0 Å². The molecular formula is C29H50O. The summed E-state index contributed by atoms with van der Waals surface area (Å²) in [7, 11) is 0. The molecule has 30 heavy (non-hydrogen) atoms. The van der Waals surface area contributed by atoms with Gasteiger partial charge in [0.15, 0.2) is 0 Å². The first-order valence-corrected chi connectivity index (χ1v) is 13.6. The predicted octanol–water partition coefficient (Wildman–Crippen LogP) is 8.02. The fourth-order valence-corrected chi connectivity index (χ4v) is 9.30. The highest BCUT2D eigenvalue weighted by atomic mass is 16.3. The monoisotopic (exact) mass is 414 g/mol. The van der Waals surface area contributed by atoms with E-state index in [0.29, 0.717) is 10.8 Å².